The van der Waals surface area contributed by atoms with E-state index in [0.29, 0.717) is 44.5 Å². The number of aromatic nitrogens is 1. The van der Waals surface area contributed by atoms with Crippen molar-refractivity contribution in [3.8, 4) is 0 Å². The van der Waals surface area contributed by atoms with Gasteiger partial charge in [0.15, 0.2) is 0 Å². The number of rotatable bonds is 2. The molecule has 3 heterocycles. The summed E-state index contributed by atoms with van der Waals surface area (Å²) in [6.07, 6.45) is 4.69. The Hall–Kier alpha value is -1.86. The van der Waals surface area contributed by atoms with Gasteiger partial charge in [-0.3, -0.25) is 9.59 Å². The summed E-state index contributed by atoms with van der Waals surface area (Å²) >= 11 is 0. The number of carbonyl (C=O) groups is 2. The molecule has 1 aromatic rings. The lowest BCUT2D eigenvalue weighted by Crippen LogP contribution is -2.69. The van der Waals surface area contributed by atoms with Gasteiger partial charge in [0.1, 0.15) is 6.10 Å². The third kappa shape index (κ3) is 3.82. The topological polar surface area (TPSA) is 83.8 Å². The van der Waals surface area contributed by atoms with Gasteiger partial charge in [0.05, 0.1) is 16.7 Å². The molecule has 0 bridgehead atoms. The van der Waals surface area contributed by atoms with Crippen molar-refractivity contribution in [1.29, 1.82) is 0 Å². The van der Waals surface area contributed by atoms with E-state index in [1.807, 2.05) is 34.9 Å². The lowest BCUT2D eigenvalue weighted by atomic mass is 9.73. The van der Waals surface area contributed by atoms with Crippen molar-refractivity contribution in [2.75, 3.05) is 19.7 Å². The lowest BCUT2D eigenvalue weighted by molar-refractivity contribution is -0.205. The first kappa shape index (κ1) is 20.9. The molecule has 1 spiro atoms. The third-order valence-corrected chi connectivity index (χ3v) is 6.19. The highest BCUT2D eigenvalue weighted by Gasteiger charge is 2.53. The van der Waals surface area contributed by atoms with E-state index in [2.05, 4.69) is 26.1 Å². The zero-order valence-corrected chi connectivity index (χ0v) is 17.6. The monoisotopic (exact) mass is 391 g/mol. The summed E-state index contributed by atoms with van der Waals surface area (Å²) in [5, 5.41) is 13.9. The molecular formula is C21H33N3O4. The maximum absolute atomic E-state index is 12.9. The van der Waals surface area contributed by atoms with Crippen LogP contribution in [0.2, 0.25) is 0 Å². The van der Waals surface area contributed by atoms with Crippen molar-refractivity contribution in [2.45, 2.75) is 76.7 Å². The molecule has 0 aliphatic carbocycles. The summed E-state index contributed by atoms with van der Waals surface area (Å²) in [6, 6.07) is 1.86. The quantitative estimate of drug-likeness (QED) is 0.806. The molecular weight excluding hydrogens is 358 g/mol. The molecule has 2 N–H and O–H groups in total. The minimum Gasteiger partial charge on any atom is -0.388 e. The number of amides is 2. The van der Waals surface area contributed by atoms with Gasteiger partial charge in [0, 0.05) is 44.6 Å². The number of carbonyl (C=O) groups excluding carboxylic acids is 2. The zero-order chi connectivity index (χ0) is 20.7. The van der Waals surface area contributed by atoms with Gasteiger partial charge in [-0.15, -0.1) is 0 Å². The molecule has 3 rings (SSSR count). The number of aliphatic hydroxyl groups is 1. The summed E-state index contributed by atoms with van der Waals surface area (Å²) in [5.74, 6) is -0.151. The Labute approximate surface area is 167 Å². The molecule has 0 saturated carbocycles. The summed E-state index contributed by atoms with van der Waals surface area (Å²) in [5.41, 5.74) is -0.818. The van der Waals surface area contributed by atoms with Gasteiger partial charge < -0.3 is 24.6 Å². The zero-order valence-electron chi connectivity index (χ0n) is 17.6. The standard InChI is InChI=1S/C21H33N3O4/c1-15(25)22-20(5)9-13-28-21(18(20)27)7-11-23(12-8-21)17(26)16-6-10-24(14-16)19(2,3)4/h6,10,14,18,27H,7-9,11-13H2,1-5H3,(H,22,25)/t18-,20+/m1/s1. The van der Waals surface area contributed by atoms with Gasteiger partial charge in [0.2, 0.25) is 5.91 Å². The Balaban J connectivity index is 1.69. The molecule has 2 fully saturated rings. The van der Waals surface area contributed by atoms with E-state index in [0.717, 1.165) is 0 Å². The summed E-state index contributed by atoms with van der Waals surface area (Å²) in [4.78, 5) is 26.3. The molecule has 2 aliphatic heterocycles. The van der Waals surface area contributed by atoms with Crippen molar-refractivity contribution in [2.24, 2.45) is 0 Å². The first-order chi connectivity index (χ1) is 13.0. The molecule has 0 radical (unpaired) electrons. The van der Waals surface area contributed by atoms with E-state index in [1.54, 1.807) is 0 Å². The largest absolute Gasteiger partial charge is 0.388 e. The van der Waals surface area contributed by atoms with Crippen LogP contribution in [-0.4, -0.2) is 63.3 Å². The van der Waals surface area contributed by atoms with Crippen LogP contribution >= 0.6 is 0 Å². The van der Waals surface area contributed by atoms with Crippen LogP contribution in [0, 0.1) is 0 Å². The highest BCUT2D eigenvalue weighted by molar-refractivity contribution is 5.94. The number of hydrogen-bond acceptors (Lipinski definition) is 4. The molecule has 2 amide bonds. The first-order valence-electron chi connectivity index (χ1n) is 10.1. The molecule has 1 aromatic heterocycles. The predicted molar refractivity (Wildman–Crippen MR) is 106 cm³/mol. The fourth-order valence-electron chi connectivity index (χ4n) is 4.42. The van der Waals surface area contributed by atoms with Crippen LogP contribution in [0.4, 0.5) is 0 Å². The number of nitrogens with zero attached hydrogens (tertiary/aromatic N) is 2. The average Bonchev–Trinajstić information content (AvgIpc) is 3.10. The van der Waals surface area contributed by atoms with Crippen LogP contribution in [0.5, 0.6) is 0 Å². The van der Waals surface area contributed by atoms with Crippen LogP contribution in [-0.2, 0) is 15.1 Å². The minimum absolute atomic E-state index is 0.00720. The molecule has 2 atom stereocenters. The normalized spacial score (nSPS) is 27.6. The van der Waals surface area contributed by atoms with Crippen molar-refractivity contribution in [3.05, 3.63) is 24.0 Å². The van der Waals surface area contributed by atoms with Crippen molar-refractivity contribution in [3.63, 3.8) is 0 Å². The van der Waals surface area contributed by atoms with Gasteiger partial charge in [-0.2, -0.15) is 0 Å². The predicted octanol–water partition coefficient (Wildman–Crippen LogP) is 1.89. The number of aliphatic hydroxyl groups excluding tert-OH is 1. The number of piperidine rings is 1. The number of hydrogen-bond donors (Lipinski definition) is 2. The number of likely N-dealkylation sites (tertiary alicyclic amines) is 1. The van der Waals surface area contributed by atoms with Crippen LogP contribution < -0.4 is 5.32 Å². The maximum Gasteiger partial charge on any atom is 0.255 e. The van der Waals surface area contributed by atoms with Gasteiger partial charge in [-0.05, 0) is 53.0 Å². The van der Waals surface area contributed by atoms with Crippen LogP contribution in [0.1, 0.15) is 64.2 Å². The van der Waals surface area contributed by atoms with Gasteiger partial charge >= 0.3 is 0 Å². The van der Waals surface area contributed by atoms with E-state index in [4.69, 9.17) is 4.74 Å². The van der Waals surface area contributed by atoms with E-state index >= 15 is 0 Å². The van der Waals surface area contributed by atoms with E-state index in [-0.39, 0.29) is 17.4 Å². The summed E-state index contributed by atoms with van der Waals surface area (Å²) in [6.45, 7) is 11.1. The number of ether oxygens (including phenoxy) is 1. The van der Waals surface area contributed by atoms with Gasteiger partial charge in [-0.25, -0.2) is 0 Å². The Morgan fingerprint density at radius 1 is 1.25 bits per heavy atom. The molecule has 7 nitrogen and oxygen atoms in total. The highest BCUT2D eigenvalue weighted by atomic mass is 16.5. The smallest absolute Gasteiger partial charge is 0.255 e. The van der Waals surface area contributed by atoms with Gasteiger partial charge in [0.25, 0.3) is 5.91 Å². The second kappa shape index (κ2) is 7.19. The molecule has 2 aliphatic rings. The molecule has 0 unspecified atom stereocenters. The third-order valence-electron chi connectivity index (χ3n) is 6.19. The lowest BCUT2D eigenvalue weighted by Gasteiger charge is -2.53. The van der Waals surface area contributed by atoms with Crippen LogP contribution in [0.15, 0.2) is 18.5 Å². The maximum atomic E-state index is 12.9. The van der Waals surface area contributed by atoms with Crippen LogP contribution in [0.3, 0.4) is 0 Å². The molecule has 156 valence electrons. The van der Waals surface area contributed by atoms with Crippen molar-refractivity contribution in [1.82, 2.24) is 14.8 Å². The Morgan fingerprint density at radius 3 is 2.43 bits per heavy atom. The second-order valence-electron chi connectivity index (χ2n) is 9.43. The Bertz CT molecular complexity index is 743. The molecule has 28 heavy (non-hydrogen) atoms. The average molecular weight is 392 g/mol. The highest BCUT2D eigenvalue weighted by Crippen LogP contribution is 2.40. The van der Waals surface area contributed by atoms with Crippen molar-refractivity contribution >= 4 is 11.8 Å². The molecule has 7 heteroatoms. The van der Waals surface area contributed by atoms with Crippen LogP contribution in [0.25, 0.3) is 0 Å². The fraction of sp³-hybridized carbons (Fsp3) is 0.714. The fourth-order valence-corrected chi connectivity index (χ4v) is 4.42. The van der Waals surface area contributed by atoms with Gasteiger partial charge in [-0.1, -0.05) is 0 Å². The first-order valence-corrected chi connectivity index (χ1v) is 10.1. The number of nitrogens with one attached hydrogen (secondary N) is 1. The summed E-state index contributed by atoms with van der Waals surface area (Å²) in [7, 11) is 0. The molecule has 0 aromatic carbocycles. The van der Waals surface area contributed by atoms with E-state index in [9.17, 15) is 14.7 Å². The second-order valence-corrected chi connectivity index (χ2v) is 9.43. The van der Waals surface area contributed by atoms with E-state index in [1.165, 1.54) is 6.92 Å². The van der Waals surface area contributed by atoms with Crippen molar-refractivity contribution < 1.29 is 19.4 Å². The summed E-state index contributed by atoms with van der Waals surface area (Å²) < 4.78 is 8.08. The molecule has 2 saturated heterocycles. The van der Waals surface area contributed by atoms with E-state index < -0.39 is 17.2 Å². The SMILES string of the molecule is CC(=O)N[C@@]1(C)CCOC2(CCN(C(=O)c3ccn(C(C)(C)C)c3)CC2)[C@@H]1O. The minimum atomic E-state index is -0.808. The Kier molecular flexibility index (Phi) is 5.36. The Morgan fingerprint density at radius 2 is 1.89 bits per heavy atom.